The Morgan fingerprint density at radius 1 is 1.12 bits per heavy atom. The minimum absolute atomic E-state index is 0.276. The summed E-state index contributed by atoms with van der Waals surface area (Å²) in [5.74, 6) is 1.92. The molecule has 1 aliphatic carbocycles. The number of aromatic nitrogens is 2. The summed E-state index contributed by atoms with van der Waals surface area (Å²) in [4.78, 5) is 8.01. The average molecular weight is 350 g/mol. The molecule has 1 fully saturated rings. The number of nitrogens with one attached hydrogen (secondary N) is 1. The molecule has 0 saturated heterocycles. The molecule has 1 aromatic heterocycles. The molecule has 0 spiro atoms. The third kappa shape index (κ3) is 3.50. The molecule has 1 saturated carbocycles. The Hall–Kier alpha value is -2.62. The number of hydrogen-bond acceptors (Lipinski definition) is 2. The van der Waals surface area contributed by atoms with Crippen molar-refractivity contribution in [3.05, 3.63) is 54.1 Å². The quantitative estimate of drug-likeness (QED) is 0.629. The summed E-state index contributed by atoms with van der Waals surface area (Å²) < 4.78 is 19.1. The SMILES string of the molecule is COc1ccc(F)cc1-c1ccc2nc(C=CC3CCCCC3)[nH]c2c1. The number of halogens is 1. The van der Waals surface area contributed by atoms with Gasteiger partial charge in [-0.1, -0.05) is 31.4 Å². The molecule has 134 valence electrons. The maximum Gasteiger partial charge on any atom is 0.130 e. The fraction of sp³-hybridized carbons (Fsp3) is 0.318. The number of aromatic amines is 1. The highest BCUT2D eigenvalue weighted by Gasteiger charge is 2.11. The summed E-state index contributed by atoms with van der Waals surface area (Å²) in [6.07, 6.45) is 11.0. The first-order chi connectivity index (χ1) is 12.7. The number of allylic oxidation sites excluding steroid dienone is 1. The lowest BCUT2D eigenvalue weighted by atomic mass is 9.89. The first kappa shape index (κ1) is 16.8. The number of imidazole rings is 1. The predicted octanol–water partition coefficient (Wildman–Crippen LogP) is 5.97. The zero-order chi connectivity index (χ0) is 17.9. The molecule has 26 heavy (non-hydrogen) atoms. The minimum atomic E-state index is -0.276. The van der Waals surface area contributed by atoms with E-state index in [1.807, 2.05) is 18.2 Å². The van der Waals surface area contributed by atoms with Gasteiger partial charge in [-0.15, -0.1) is 0 Å². The average Bonchev–Trinajstić information content (AvgIpc) is 3.09. The first-order valence-corrected chi connectivity index (χ1v) is 9.25. The minimum Gasteiger partial charge on any atom is -0.496 e. The van der Waals surface area contributed by atoms with Gasteiger partial charge in [0.25, 0.3) is 0 Å². The molecule has 0 amide bonds. The highest BCUT2D eigenvalue weighted by molar-refractivity contribution is 5.84. The van der Waals surface area contributed by atoms with Crippen molar-refractivity contribution in [1.29, 1.82) is 0 Å². The zero-order valence-corrected chi connectivity index (χ0v) is 15.0. The van der Waals surface area contributed by atoms with E-state index in [-0.39, 0.29) is 5.82 Å². The second kappa shape index (κ2) is 7.32. The van der Waals surface area contributed by atoms with Gasteiger partial charge in [0.2, 0.25) is 0 Å². The van der Waals surface area contributed by atoms with E-state index in [1.54, 1.807) is 13.2 Å². The molecular formula is C22H23FN2O. The molecule has 1 aliphatic rings. The summed E-state index contributed by atoms with van der Waals surface area (Å²) in [6.45, 7) is 0. The Bertz CT molecular complexity index is 938. The molecule has 1 heterocycles. The van der Waals surface area contributed by atoms with Gasteiger partial charge >= 0.3 is 0 Å². The van der Waals surface area contributed by atoms with Gasteiger partial charge in [0.15, 0.2) is 0 Å². The number of nitrogens with zero attached hydrogens (tertiary/aromatic N) is 1. The number of ether oxygens (including phenoxy) is 1. The van der Waals surface area contributed by atoms with Crippen molar-refractivity contribution >= 4 is 17.1 Å². The van der Waals surface area contributed by atoms with E-state index in [1.165, 1.54) is 44.2 Å². The number of benzene rings is 2. The monoisotopic (exact) mass is 350 g/mol. The third-order valence-electron chi connectivity index (χ3n) is 5.15. The lowest BCUT2D eigenvalue weighted by molar-refractivity contribution is 0.415. The summed E-state index contributed by atoms with van der Waals surface area (Å²) in [5, 5.41) is 0. The fourth-order valence-corrected chi connectivity index (χ4v) is 3.74. The van der Waals surface area contributed by atoms with E-state index in [4.69, 9.17) is 4.74 Å². The smallest absolute Gasteiger partial charge is 0.130 e. The predicted molar refractivity (Wildman–Crippen MR) is 104 cm³/mol. The largest absolute Gasteiger partial charge is 0.496 e. The number of fused-ring (bicyclic) bond motifs is 1. The number of rotatable bonds is 4. The Kier molecular flexibility index (Phi) is 4.74. The molecule has 0 bridgehead atoms. The van der Waals surface area contributed by atoms with Crippen LogP contribution in [0.25, 0.3) is 28.2 Å². The first-order valence-electron chi connectivity index (χ1n) is 9.25. The van der Waals surface area contributed by atoms with Crippen LogP contribution >= 0.6 is 0 Å². The normalized spacial score (nSPS) is 15.8. The van der Waals surface area contributed by atoms with E-state index in [0.717, 1.165) is 28.0 Å². The van der Waals surface area contributed by atoms with Crippen molar-refractivity contribution in [1.82, 2.24) is 9.97 Å². The van der Waals surface area contributed by atoms with Crippen LogP contribution in [0.5, 0.6) is 5.75 Å². The van der Waals surface area contributed by atoms with Gasteiger partial charge in [-0.05, 0) is 60.7 Å². The highest BCUT2D eigenvalue weighted by atomic mass is 19.1. The molecule has 3 nitrogen and oxygen atoms in total. The molecule has 0 radical (unpaired) electrons. The Morgan fingerprint density at radius 3 is 2.77 bits per heavy atom. The third-order valence-corrected chi connectivity index (χ3v) is 5.15. The van der Waals surface area contributed by atoms with Crippen molar-refractivity contribution in [2.45, 2.75) is 32.1 Å². The van der Waals surface area contributed by atoms with Crippen molar-refractivity contribution < 1.29 is 9.13 Å². The van der Waals surface area contributed by atoms with Crippen LogP contribution in [0, 0.1) is 11.7 Å². The lowest BCUT2D eigenvalue weighted by Gasteiger charge is -2.17. The molecule has 3 aromatic rings. The Balaban J connectivity index is 1.64. The fourth-order valence-electron chi connectivity index (χ4n) is 3.74. The van der Waals surface area contributed by atoms with E-state index in [9.17, 15) is 4.39 Å². The maximum absolute atomic E-state index is 13.7. The van der Waals surface area contributed by atoms with Gasteiger partial charge in [-0.25, -0.2) is 9.37 Å². The summed E-state index contributed by atoms with van der Waals surface area (Å²) in [5.41, 5.74) is 3.49. The molecular weight excluding hydrogens is 327 g/mol. The number of hydrogen-bond donors (Lipinski definition) is 1. The summed E-state index contributed by atoms with van der Waals surface area (Å²) in [7, 11) is 1.60. The van der Waals surface area contributed by atoms with Crippen LogP contribution in [0.1, 0.15) is 37.9 Å². The van der Waals surface area contributed by atoms with Crippen LogP contribution in [-0.4, -0.2) is 17.1 Å². The molecule has 4 heteroatoms. The zero-order valence-electron chi connectivity index (χ0n) is 15.0. The van der Waals surface area contributed by atoms with Gasteiger partial charge in [-0.3, -0.25) is 0 Å². The number of H-pyrrole nitrogens is 1. The van der Waals surface area contributed by atoms with Gasteiger partial charge in [0.05, 0.1) is 18.1 Å². The lowest BCUT2D eigenvalue weighted by Crippen LogP contribution is -2.02. The van der Waals surface area contributed by atoms with Crippen molar-refractivity contribution in [2.24, 2.45) is 5.92 Å². The molecule has 0 unspecified atom stereocenters. The van der Waals surface area contributed by atoms with Gasteiger partial charge < -0.3 is 9.72 Å². The van der Waals surface area contributed by atoms with Crippen LogP contribution < -0.4 is 4.74 Å². The molecule has 4 rings (SSSR count). The molecule has 2 aromatic carbocycles. The van der Waals surface area contributed by atoms with E-state index in [2.05, 4.69) is 22.1 Å². The Morgan fingerprint density at radius 2 is 1.96 bits per heavy atom. The summed E-state index contributed by atoms with van der Waals surface area (Å²) >= 11 is 0. The topological polar surface area (TPSA) is 37.9 Å². The van der Waals surface area contributed by atoms with Gasteiger partial charge in [0.1, 0.15) is 17.4 Å². The van der Waals surface area contributed by atoms with Crippen LogP contribution in [-0.2, 0) is 0 Å². The van der Waals surface area contributed by atoms with Gasteiger partial charge in [0, 0.05) is 5.56 Å². The van der Waals surface area contributed by atoms with Crippen LogP contribution in [0.2, 0.25) is 0 Å². The van der Waals surface area contributed by atoms with Crippen molar-refractivity contribution in [3.63, 3.8) is 0 Å². The second-order valence-corrected chi connectivity index (χ2v) is 6.96. The van der Waals surface area contributed by atoms with Crippen LogP contribution in [0.3, 0.4) is 0 Å². The molecule has 1 N–H and O–H groups in total. The second-order valence-electron chi connectivity index (χ2n) is 6.96. The molecule has 0 aliphatic heterocycles. The van der Waals surface area contributed by atoms with Crippen LogP contribution in [0.15, 0.2) is 42.5 Å². The summed E-state index contributed by atoms with van der Waals surface area (Å²) in [6, 6.07) is 10.5. The van der Waals surface area contributed by atoms with Gasteiger partial charge in [-0.2, -0.15) is 0 Å². The van der Waals surface area contributed by atoms with Crippen LogP contribution in [0.4, 0.5) is 4.39 Å². The molecule has 0 atom stereocenters. The standard InChI is InChI=1S/C22H23FN2O/c1-26-21-11-9-17(23)14-18(21)16-8-10-19-20(13-16)25-22(24-19)12-7-15-5-3-2-4-6-15/h7-15H,2-6H2,1H3,(H,24,25). The maximum atomic E-state index is 13.7. The van der Waals surface area contributed by atoms with E-state index in [0.29, 0.717) is 11.7 Å². The van der Waals surface area contributed by atoms with E-state index < -0.39 is 0 Å². The van der Waals surface area contributed by atoms with Crippen molar-refractivity contribution in [3.8, 4) is 16.9 Å². The number of methoxy groups -OCH3 is 1. The van der Waals surface area contributed by atoms with E-state index >= 15 is 0 Å². The Labute approximate surface area is 152 Å². The van der Waals surface area contributed by atoms with Crippen molar-refractivity contribution in [2.75, 3.05) is 7.11 Å². The highest BCUT2D eigenvalue weighted by Crippen LogP contribution is 2.32.